The molecule has 0 amide bonds. The van der Waals surface area contributed by atoms with Gasteiger partial charge < -0.3 is 9.67 Å². The summed E-state index contributed by atoms with van der Waals surface area (Å²) >= 11 is 0. The Balaban J connectivity index is 2.28. The highest BCUT2D eigenvalue weighted by Crippen LogP contribution is 2.30. The van der Waals surface area contributed by atoms with Gasteiger partial charge in [0.25, 0.3) is 5.92 Å². The molecule has 0 bridgehead atoms. The molecule has 0 radical (unpaired) electrons. The summed E-state index contributed by atoms with van der Waals surface area (Å²) in [5.74, 6) is -4.37. The number of nitrogens with zero attached hydrogens (tertiary/aromatic N) is 2. The summed E-state index contributed by atoms with van der Waals surface area (Å²) in [5, 5.41) is 8.77. The summed E-state index contributed by atoms with van der Waals surface area (Å²) in [6.07, 6.45) is 4.12. The third kappa shape index (κ3) is 2.53. The summed E-state index contributed by atoms with van der Waals surface area (Å²) in [6.45, 7) is -0.573. The third-order valence-corrected chi connectivity index (χ3v) is 2.47. The smallest absolute Gasteiger partial charge is 0.335 e. The predicted octanol–water partition coefficient (Wildman–Crippen LogP) is 2.37. The number of halogens is 2. The van der Waals surface area contributed by atoms with Crippen LogP contribution < -0.4 is 0 Å². The fraction of sp³-hybridized carbons (Fsp3) is 0.167. The Morgan fingerprint density at radius 2 is 2.22 bits per heavy atom. The Kier molecular flexibility index (Phi) is 3.10. The quantitative estimate of drug-likeness (QED) is 0.908. The summed E-state index contributed by atoms with van der Waals surface area (Å²) in [6, 6.07) is 4.78. The molecule has 94 valence electrons. The fourth-order valence-corrected chi connectivity index (χ4v) is 1.58. The molecule has 2 rings (SSSR count). The van der Waals surface area contributed by atoms with E-state index in [0.717, 1.165) is 6.07 Å². The fourth-order valence-electron chi connectivity index (χ4n) is 1.58. The molecule has 1 aromatic heterocycles. The number of benzene rings is 1. The van der Waals surface area contributed by atoms with E-state index < -0.39 is 18.4 Å². The molecular formula is C12H10F2N2O2. The molecule has 4 nitrogen and oxygen atoms in total. The number of imidazole rings is 1. The van der Waals surface area contributed by atoms with E-state index >= 15 is 0 Å². The number of rotatable bonds is 4. The van der Waals surface area contributed by atoms with Crippen LogP contribution in [0.25, 0.3) is 0 Å². The number of carbonyl (C=O) groups is 1. The van der Waals surface area contributed by atoms with Crippen LogP contribution >= 0.6 is 0 Å². The van der Waals surface area contributed by atoms with E-state index in [4.69, 9.17) is 5.11 Å². The normalized spacial score (nSPS) is 11.4. The molecule has 0 aliphatic rings. The molecule has 0 spiro atoms. The van der Waals surface area contributed by atoms with Crippen LogP contribution in [0.5, 0.6) is 0 Å². The lowest BCUT2D eigenvalue weighted by Crippen LogP contribution is -2.21. The molecule has 0 saturated heterocycles. The molecule has 0 unspecified atom stereocenters. The van der Waals surface area contributed by atoms with Gasteiger partial charge in [-0.25, -0.2) is 9.78 Å². The summed E-state index contributed by atoms with van der Waals surface area (Å²) < 4.78 is 29.1. The lowest BCUT2D eigenvalue weighted by atomic mass is 10.1. The Bertz CT molecular complexity index is 553. The van der Waals surface area contributed by atoms with Gasteiger partial charge in [0.05, 0.1) is 18.4 Å². The van der Waals surface area contributed by atoms with Crippen LogP contribution in [0, 0.1) is 0 Å². The van der Waals surface area contributed by atoms with E-state index in [9.17, 15) is 13.6 Å². The van der Waals surface area contributed by atoms with Crippen molar-refractivity contribution in [3.05, 3.63) is 54.1 Å². The zero-order chi connectivity index (χ0) is 13.2. The minimum absolute atomic E-state index is 0.155. The zero-order valence-corrected chi connectivity index (χ0v) is 9.25. The molecule has 6 heteroatoms. The Morgan fingerprint density at radius 3 is 2.83 bits per heavy atom. The standard InChI is InChI=1S/C12H10F2N2O2/c13-12(14,7-16-5-4-15-8-16)10-3-1-2-9(6-10)11(17)18/h1-6,8H,7H2,(H,17,18). The molecule has 0 aliphatic heterocycles. The lowest BCUT2D eigenvalue weighted by molar-refractivity contribution is -0.0223. The molecule has 0 fully saturated rings. The van der Waals surface area contributed by atoms with E-state index in [1.54, 1.807) is 0 Å². The first kappa shape index (κ1) is 12.2. The van der Waals surface area contributed by atoms with Crippen molar-refractivity contribution in [1.29, 1.82) is 0 Å². The highest BCUT2D eigenvalue weighted by atomic mass is 19.3. The Labute approximate surface area is 102 Å². The van der Waals surface area contributed by atoms with Crippen molar-refractivity contribution in [3.63, 3.8) is 0 Å². The van der Waals surface area contributed by atoms with Crippen molar-refractivity contribution in [3.8, 4) is 0 Å². The number of carboxylic acids is 1. The number of hydrogen-bond acceptors (Lipinski definition) is 2. The van der Waals surface area contributed by atoms with Crippen LogP contribution in [0.4, 0.5) is 8.78 Å². The van der Waals surface area contributed by atoms with E-state index in [1.165, 1.54) is 41.5 Å². The SMILES string of the molecule is O=C(O)c1cccc(C(F)(F)Cn2ccnc2)c1. The molecule has 2 aromatic rings. The van der Waals surface area contributed by atoms with Gasteiger partial charge in [0.2, 0.25) is 0 Å². The second-order valence-electron chi connectivity index (χ2n) is 3.83. The highest BCUT2D eigenvalue weighted by molar-refractivity contribution is 5.87. The van der Waals surface area contributed by atoms with Crippen LogP contribution in [0.15, 0.2) is 43.0 Å². The van der Waals surface area contributed by atoms with Gasteiger partial charge in [0, 0.05) is 18.0 Å². The average Bonchev–Trinajstić information content (AvgIpc) is 2.81. The van der Waals surface area contributed by atoms with Crippen molar-refractivity contribution < 1.29 is 18.7 Å². The maximum Gasteiger partial charge on any atom is 0.335 e. The van der Waals surface area contributed by atoms with E-state index in [2.05, 4.69) is 4.98 Å². The molecular weight excluding hydrogens is 242 g/mol. The highest BCUT2D eigenvalue weighted by Gasteiger charge is 2.32. The molecule has 0 aliphatic carbocycles. The van der Waals surface area contributed by atoms with Gasteiger partial charge in [-0.3, -0.25) is 0 Å². The Morgan fingerprint density at radius 1 is 1.44 bits per heavy atom. The van der Waals surface area contributed by atoms with Gasteiger partial charge in [-0.1, -0.05) is 12.1 Å². The van der Waals surface area contributed by atoms with Crippen molar-refractivity contribution in [2.75, 3.05) is 0 Å². The van der Waals surface area contributed by atoms with Crippen LogP contribution in [0.3, 0.4) is 0 Å². The van der Waals surface area contributed by atoms with Gasteiger partial charge in [-0.2, -0.15) is 8.78 Å². The van der Waals surface area contributed by atoms with Crippen molar-refractivity contribution in [2.24, 2.45) is 0 Å². The minimum Gasteiger partial charge on any atom is -0.478 e. The van der Waals surface area contributed by atoms with E-state index in [0.29, 0.717) is 0 Å². The minimum atomic E-state index is -3.15. The van der Waals surface area contributed by atoms with Gasteiger partial charge in [-0.05, 0) is 12.1 Å². The first-order valence-electron chi connectivity index (χ1n) is 5.16. The summed E-state index contributed by atoms with van der Waals surface area (Å²) in [5.41, 5.74) is -0.478. The topological polar surface area (TPSA) is 55.1 Å². The van der Waals surface area contributed by atoms with E-state index in [-0.39, 0.29) is 11.1 Å². The third-order valence-electron chi connectivity index (χ3n) is 2.47. The van der Waals surface area contributed by atoms with Gasteiger partial charge in [0.1, 0.15) is 0 Å². The predicted molar refractivity (Wildman–Crippen MR) is 59.5 cm³/mol. The second kappa shape index (κ2) is 4.56. The monoisotopic (exact) mass is 252 g/mol. The first-order chi connectivity index (χ1) is 8.49. The number of aromatic carboxylic acids is 1. The van der Waals surface area contributed by atoms with Crippen molar-refractivity contribution in [2.45, 2.75) is 12.5 Å². The molecule has 0 saturated carbocycles. The molecule has 1 heterocycles. The zero-order valence-electron chi connectivity index (χ0n) is 9.25. The second-order valence-corrected chi connectivity index (χ2v) is 3.83. The van der Waals surface area contributed by atoms with Crippen LogP contribution in [-0.2, 0) is 12.5 Å². The van der Waals surface area contributed by atoms with Gasteiger partial charge >= 0.3 is 5.97 Å². The number of carboxylic acid groups (broad SMARTS) is 1. The van der Waals surface area contributed by atoms with Gasteiger partial charge in [-0.15, -0.1) is 0 Å². The summed E-state index contributed by atoms with van der Waals surface area (Å²) in [7, 11) is 0. The lowest BCUT2D eigenvalue weighted by Gasteiger charge is -2.17. The number of alkyl halides is 2. The van der Waals surface area contributed by atoms with Crippen molar-refractivity contribution in [1.82, 2.24) is 9.55 Å². The van der Waals surface area contributed by atoms with Gasteiger partial charge in [0.15, 0.2) is 0 Å². The van der Waals surface area contributed by atoms with Crippen LogP contribution in [0.2, 0.25) is 0 Å². The maximum atomic E-state index is 13.9. The van der Waals surface area contributed by atoms with Crippen LogP contribution in [0.1, 0.15) is 15.9 Å². The maximum absolute atomic E-state index is 13.9. The first-order valence-corrected chi connectivity index (χ1v) is 5.16. The number of aromatic nitrogens is 2. The van der Waals surface area contributed by atoms with Crippen LogP contribution in [-0.4, -0.2) is 20.6 Å². The van der Waals surface area contributed by atoms with E-state index in [1.807, 2.05) is 0 Å². The largest absolute Gasteiger partial charge is 0.478 e. The molecule has 18 heavy (non-hydrogen) atoms. The Hall–Kier alpha value is -2.24. The molecule has 1 aromatic carbocycles. The number of hydrogen-bond donors (Lipinski definition) is 1. The molecule has 1 N–H and O–H groups in total. The average molecular weight is 252 g/mol. The molecule has 0 atom stereocenters. The van der Waals surface area contributed by atoms with Crippen molar-refractivity contribution >= 4 is 5.97 Å². The summed E-state index contributed by atoms with van der Waals surface area (Å²) in [4.78, 5) is 14.4.